The van der Waals surface area contributed by atoms with Crippen LogP contribution in [0, 0.1) is 11.8 Å². The molecule has 0 bridgehead atoms. The van der Waals surface area contributed by atoms with Crippen molar-refractivity contribution < 1.29 is 4.79 Å². The van der Waals surface area contributed by atoms with Crippen LogP contribution in [0.2, 0.25) is 0 Å². The molecule has 0 N–H and O–H groups in total. The van der Waals surface area contributed by atoms with Crippen LogP contribution in [0.15, 0.2) is 16.0 Å². The Bertz CT molecular complexity index is 663. The molecule has 0 radical (unpaired) electrons. The Balaban J connectivity index is 1.72. The lowest BCUT2D eigenvalue weighted by atomic mass is 9.91. The van der Waals surface area contributed by atoms with Gasteiger partial charge in [0.05, 0.1) is 6.04 Å². The second-order valence-electron chi connectivity index (χ2n) is 7.40. The first-order valence-electron chi connectivity index (χ1n) is 9.01. The Kier molecular flexibility index (Phi) is 5.33. The standard InChI is InChI=1S/C18H27N3O2S/c1-4-5-14-7-17(23)21-15(11-24-18(21)19-14)8-16(22)20-9-12(2)6-13(3)10-20/h7,12-13,15H,4-6,8-11H2,1-3H3. The van der Waals surface area contributed by atoms with Gasteiger partial charge in [0.2, 0.25) is 5.91 Å². The monoisotopic (exact) mass is 349 g/mol. The number of carbonyl (C=O) groups is 1. The second kappa shape index (κ2) is 7.30. The van der Waals surface area contributed by atoms with Crippen LogP contribution in [0.5, 0.6) is 0 Å². The highest BCUT2D eigenvalue weighted by Crippen LogP contribution is 2.33. The van der Waals surface area contributed by atoms with E-state index in [4.69, 9.17) is 0 Å². The summed E-state index contributed by atoms with van der Waals surface area (Å²) < 4.78 is 1.73. The van der Waals surface area contributed by atoms with Crippen molar-refractivity contribution >= 4 is 17.7 Å². The summed E-state index contributed by atoms with van der Waals surface area (Å²) in [6.07, 6.45) is 3.41. The molecule has 0 spiro atoms. The number of hydrogen-bond donors (Lipinski definition) is 0. The molecule has 0 saturated carbocycles. The van der Waals surface area contributed by atoms with Gasteiger partial charge >= 0.3 is 0 Å². The summed E-state index contributed by atoms with van der Waals surface area (Å²) in [6, 6.07) is 1.59. The molecule has 3 unspecified atom stereocenters. The minimum absolute atomic E-state index is 0.00775. The van der Waals surface area contributed by atoms with Crippen LogP contribution < -0.4 is 5.56 Å². The number of piperidine rings is 1. The summed E-state index contributed by atoms with van der Waals surface area (Å²) in [5.41, 5.74) is 0.860. The number of aryl methyl sites for hydroxylation is 1. The van der Waals surface area contributed by atoms with Gasteiger partial charge in [-0.2, -0.15) is 0 Å². The van der Waals surface area contributed by atoms with E-state index in [0.29, 0.717) is 18.3 Å². The average molecular weight is 350 g/mol. The SMILES string of the molecule is CCCc1cc(=O)n2c(n1)SCC2CC(=O)N1CC(C)CC(C)C1. The minimum atomic E-state index is -0.0549. The molecule has 6 heteroatoms. The van der Waals surface area contributed by atoms with Crippen molar-refractivity contribution in [2.24, 2.45) is 11.8 Å². The van der Waals surface area contributed by atoms with Crippen LogP contribution in [-0.4, -0.2) is 39.2 Å². The summed E-state index contributed by atoms with van der Waals surface area (Å²) in [6.45, 7) is 8.19. The van der Waals surface area contributed by atoms with Gasteiger partial charge in [0.15, 0.2) is 5.16 Å². The second-order valence-corrected chi connectivity index (χ2v) is 8.39. The lowest BCUT2D eigenvalue weighted by Gasteiger charge is -2.35. The van der Waals surface area contributed by atoms with Crippen LogP contribution in [0.3, 0.4) is 0 Å². The number of carbonyl (C=O) groups excluding carboxylic acids is 1. The summed E-state index contributed by atoms with van der Waals surface area (Å²) >= 11 is 1.60. The zero-order valence-corrected chi connectivity index (χ0v) is 15.6. The van der Waals surface area contributed by atoms with Gasteiger partial charge in [-0.15, -0.1) is 0 Å². The molecule has 132 valence electrons. The lowest BCUT2D eigenvalue weighted by Crippen LogP contribution is -2.43. The fourth-order valence-electron chi connectivity index (χ4n) is 3.93. The van der Waals surface area contributed by atoms with Gasteiger partial charge in [0.25, 0.3) is 5.56 Å². The fourth-order valence-corrected chi connectivity index (χ4v) is 5.10. The molecule has 0 aliphatic carbocycles. The maximum atomic E-state index is 12.7. The number of hydrogen-bond acceptors (Lipinski definition) is 4. The van der Waals surface area contributed by atoms with Gasteiger partial charge in [0, 0.05) is 37.0 Å². The van der Waals surface area contributed by atoms with Gasteiger partial charge in [-0.1, -0.05) is 39.0 Å². The highest BCUT2D eigenvalue weighted by Gasteiger charge is 2.31. The van der Waals surface area contributed by atoms with E-state index in [-0.39, 0.29) is 17.5 Å². The van der Waals surface area contributed by atoms with Crippen molar-refractivity contribution in [1.29, 1.82) is 0 Å². The van der Waals surface area contributed by atoms with Gasteiger partial charge in [0.1, 0.15) is 0 Å². The van der Waals surface area contributed by atoms with Crippen LogP contribution >= 0.6 is 11.8 Å². The van der Waals surface area contributed by atoms with Gasteiger partial charge in [-0.3, -0.25) is 14.2 Å². The number of nitrogens with zero attached hydrogens (tertiary/aromatic N) is 3. The highest BCUT2D eigenvalue weighted by atomic mass is 32.2. The van der Waals surface area contributed by atoms with E-state index in [0.717, 1.165) is 42.5 Å². The summed E-state index contributed by atoms with van der Waals surface area (Å²) in [5.74, 6) is 2.06. The molecular weight excluding hydrogens is 322 g/mol. The van der Waals surface area contributed by atoms with E-state index < -0.39 is 0 Å². The Morgan fingerprint density at radius 1 is 1.33 bits per heavy atom. The van der Waals surface area contributed by atoms with Gasteiger partial charge in [-0.25, -0.2) is 4.98 Å². The largest absolute Gasteiger partial charge is 0.342 e. The molecule has 3 heterocycles. The topological polar surface area (TPSA) is 55.2 Å². The van der Waals surface area contributed by atoms with Crippen LogP contribution in [-0.2, 0) is 11.2 Å². The molecule has 2 aliphatic rings. The van der Waals surface area contributed by atoms with E-state index in [2.05, 4.69) is 25.8 Å². The van der Waals surface area contributed by atoms with Crippen molar-refractivity contribution in [3.05, 3.63) is 22.1 Å². The van der Waals surface area contributed by atoms with E-state index in [1.54, 1.807) is 22.4 Å². The first-order valence-corrected chi connectivity index (χ1v) is 9.99. The Morgan fingerprint density at radius 2 is 2.04 bits per heavy atom. The molecule has 1 aromatic rings. The molecule has 2 aliphatic heterocycles. The quantitative estimate of drug-likeness (QED) is 0.784. The Morgan fingerprint density at radius 3 is 2.71 bits per heavy atom. The maximum Gasteiger partial charge on any atom is 0.254 e. The average Bonchev–Trinajstić information content (AvgIpc) is 2.90. The fraction of sp³-hybridized carbons (Fsp3) is 0.722. The highest BCUT2D eigenvalue weighted by molar-refractivity contribution is 7.99. The van der Waals surface area contributed by atoms with Crippen molar-refractivity contribution in [3.63, 3.8) is 0 Å². The third-order valence-corrected chi connectivity index (χ3v) is 5.98. The minimum Gasteiger partial charge on any atom is -0.342 e. The van der Waals surface area contributed by atoms with E-state index in [1.807, 2.05) is 4.90 Å². The van der Waals surface area contributed by atoms with Crippen LogP contribution in [0.1, 0.15) is 51.8 Å². The zero-order valence-electron chi connectivity index (χ0n) is 14.8. The molecule has 5 nitrogen and oxygen atoms in total. The number of likely N-dealkylation sites (tertiary alicyclic amines) is 1. The Labute approximate surface area is 147 Å². The predicted octanol–water partition coefficient (Wildman–Crippen LogP) is 2.74. The smallest absolute Gasteiger partial charge is 0.254 e. The van der Waals surface area contributed by atoms with Crippen LogP contribution in [0.4, 0.5) is 0 Å². The zero-order chi connectivity index (χ0) is 17.3. The van der Waals surface area contributed by atoms with Crippen LogP contribution in [0.25, 0.3) is 0 Å². The van der Waals surface area contributed by atoms with Crippen molar-refractivity contribution in [1.82, 2.24) is 14.5 Å². The molecule has 1 saturated heterocycles. The Hall–Kier alpha value is -1.30. The van der Waals surface area contributed by atoms with Crippen molar-refractivity contribution in [2.45, 2.75) is 57.7 Å². The molecule has 1 fully saturated rings. The van der Waals surface area contributed by atoms with Crippen molar-refractivity contribution in [3.8, 4) is 0 Å². The summed E-state index contributed by atoms with van der Waals surface area (Å²) in [5, 5.41) is 0.782. The van der Waals surface area contributed by atoms with E-state index in [9.17, 15) is 9.59 Å². The lowest BCUT2D eigenvalue weighted by molar-refractivity contribution is -0.134. The molecule has 1 aromatic heterocycles. The van der Waals surface area contributed by atoms with Gasteiger partial charge < -0.3 is 4.90 Å². The normalized spacial score (nSPS) is 26.5. The van der Waals surface area contributed by atoms with E-state index >= 15 is 0 Å². The molecular formula is C18H27N3O2S. The first-order chi connectivity index (χ1) is 11.5. The molecule has 3 atom stereocenters. The molecule has 0 aromatic carbocycles. The van der Waals surface area contributed by atoms with E-state index in [1.165, 1.54) is 6.42 Å². The first kappa shape index (κ1) is 17.5. The number of aromatic nitrogens is 2. The molecule has 3 rings (SSSR count). The number of amides is 1. The van der Waals surface area contributed by atoms with Crippen molar-refractivity contribution in [2.75, 3.05) is 18.8 Å². The third-order valence-electron chi connectivity index (χ3n) is 4.88. The third kappa shape index (κ3) is 3.68. The predicted molar refractivity (Wildman–Crippen MR) is 96.4 cm³/mol. The number of fused-ring (bicyclic) bond motifs is 1. The molecule has 1 amide bonds. The number of thioether (sulfide) groups is 1. The summed E-state index contributed by atoms with van der Waals surface area (Å²) in [4.78, 5) is 31.8. The molecule has 24 heavy (non-hydrogen) atoms. The summed E-state index contributed by atoms with van der Waals surface area (Å²) in [7, 11) is 0. The maximum absolute atomic E-state index is 12.7. The van der Waals surface area contributed by atoms with Gasteiger partial charge in [-0.05, 0) is 24.7 Å². The number of rotatable bonds is 4.